The van der Waals surface area contributed by atoms with E-state index in [0.29, 0.717) is 5.70 Å². The summed E-state index contributed by atoms with van der Waals surface area (Å²) in [6, 6.07) is 8.11. The highest BCUT2D eigenvalue weighted by Gasteiger charge is 2.04. The van der Waals surface area contributed by atoms with E-state index in [1.54, 1.807) is 0 Å². The first-order chi connectivity index (χ1) is 6.65. The second-order valence-corrected chi connectivity index (χ2v) is 3.54. The van der Waals surface area contributed by atoms with Crippen LogP contribution in [0.15, 0.2) is 30.8 Å². The number of benzene rings is 1. The molecule has 2 nitrogen and oxygen atoms in total. The van der Waals surface area contributed by atoms with Crippen LogP contribution in [0.3, 0.4) is 0 Å². The number of nitrogens with two attached hydrogens (primary N) is 2. The van der Waals surface area contributed by atoms with Gasteiger partial charge in [-0.2, -0.15) is 0 Å². The number of hydrogen-bond acceptors (Lipinski definition) is 2. The van der Waals surface area contributed by atoms with Gasteiger partial charge < -0.3 is 11.5 Å². The molecule has 14 heavy (non-hydrogen) atoms. The minimum absolute atomic E-state index is 0.139. The van der Waals surface area contributed by atoms with Gasteiger partial charge >= 0.3 is 0 Å². The number of rotatable bonds is 4. The molecule has 1 rings (SSSR count). The van der Waals surface area contributed by atoms with E-state index in [2.05, 4.69) is 13.5 Å². The van der Waals surface area contributed by atoms with Crippen molar-refractivity contribution in [1.29, 1.82) is 0 Å². The summed E-state index contributed by atoms with van der Waals surface area (Å²) in [6.07, 6.45) is 2.12. The first-order valence-corrected chi connectivity index (χ1v) is 4.95. The fourth-order valence-corrected chi connectivity index (χ4v) is 1.42. The maximum absolute atomic E-state index is 5.98. The van der Waals surface area contributed by atoms with Crippen molar-refractivity contribution in [3.05, 3.63) is 42.0 Å². The topological polar surface area (TPSA) is 52.0 Å². The molecular formula is C12H18N2. The zero-order valence-electron chi connectivity index (χ0n) is 8.66. The van der Waals surface area contributed by atoms with Gasteiger partial charge in [0.25, 0.3) is 0 Å². The summed E-state index contributed by atoms with van der Waals surface area (Å²) >= 11 is 0. The van der Waals surface area contributed by atoms with Crippen molar-refractivity contribution in [1.82, 2.24) is 0 Å². The first-order valence-electron chi connectivity index (χ1n) is 4.95. The molecule has 0 aliphatic heterocycles. The van der Waals surface area contributed by atoms with E-state index in [1.165, 1.54) is 0 Å². The van der Waals surface area contributed by atoms with Gasteiger partial charge in [0.2, 0.25) is 0 Å². The van der Waals surface area contributed by atoms with E-state index in [-0.39, 0.29) is 6.04 Å². The molecule has 0 spiro atoms. The second kappa shape index (κ2) is 4.82. The molecule has 0 bridgehead atoms. The molecule has 1 aromatic carbocycles. The predicted octanol–water partition coefficient (Wildman–Crippen LogP) is 2.42. The van der Waals surface area contributed by atoms with Gasteiger partial charge in [-0.05, 0) is 17.5 Å². The van der Waals surface area contributed by atoms with E-state index in [4.69, 9.17) is 11.5 Å². The van der Waals surface area contributed by atoms with Crippen molar-refractivity contribution < 1.29 is 0 Å². The summed E-state index contributed by atoms with van der Waals surface area (Å²) in [7, 11) is 0. The minimum Gasteiger partial charge on any atom is -0.399 e. The molecule has 2 heteroatoms. The van der Waals surface area contributed by atoms with E-state index in [1.807, 2.05) is 24.3 Å². The SMILES string of the molecule is C=C(N)c1ccc([C@H](N)CCC)cc1. The fraction of sp³-hybridized carbons (Fsp3) is 0.333. The smallest absolute Gasteiger partial charge is 0.0314 e. The van der Waals surface area contributed by atoms with Gasteiger partial charge in [0.1, 0.15) is 0 Å². The maximum atomic E-state index is 5.98. The van der Waals surface area contributed by atoms with Crippen molar-refractivity contribution in [2.24, 2.45) is 11.5 Å². The van der Waals surface area contributed by atoms with Gasteiger partial charge in [0.05, 0.1) is 0 Å². The van der Waals surface area contributed by atoms with Crippen molar-refractivity contribution in [2.75, 3.05) is 0 Å². The Morgan fingerprint density at radius 3 is 2.36 bits per heavy atom. The highest BCUT2D eigenvalue weighted by atomic mass is 14.6. The highest BCUT2D eigenvalue weighted by molar-refractivity contribution is 5.60. The zero-order chi connectivity index (χ0) is 10.6. The Balaban J connectivity index is 2.77. The van der Waals surface area contributed by atoms with Crippen molar-refractivity contribution in [3.8, 4) is 0 Å². The standard InChI is InChI=1S/C12H18N2/c1-3-4-12(14)11-7-5-10(6-8-11)9(2)13/h5-8,12H,2-4,13-14H2,1H3/t12-/m1/s1. The normalized spacial score (nSPS) is 12.4. The van der Waals surface area contributed by atoms with Crippen LogP contribution in [0.25, 0.3) is 5.70 Å². The summed E-state index contributed by atoms with van der Waals surface area (Å²) in [6.45, 7) is 5.82. The van der Waals surface area contributed by atoms with Crippen LogP contribution in [0.5, 0.6) is 0 Å². The molecule has 0 saturated heterocycles. The largest absolute Gasteiger partial charge is 0.399 e. The summed E-state index contributed by atoms with van der Waals surface area (Å²) < 4.78 is 0. The van der Waals surface area contributed by atoms with E-state index in [9.17, 15) is 0 Å². The Bertz CT molecular complexity index is 301. The average molecular weight is 190 g/mol. The number of hydrogen-bond donors (Lipinski definition) is 2. The van der Waals surface area contributed by atoms with Crippen LogP contribution < -0.4 is 11.5 Å². The first kappa shape index (κ1) is 10.8. The Hall–Kier alpha value is -1.28. The third-order valence-corrected chi connectivity index (χ3v) is 2.31. The van der Waals surface area contributed by atoms with E-state index >= 15 is 0 Å². The van der Waals surface area contributed by atoms with Gasteiger partial charge in [0, 0.05) is 11.7 Å². The quantitative estimate of drug-likeness (QED) is 0.766. The van der Waals surface area contributed by atoms with Crippen LogP contribution in [0.4, 0.5) is 0 Å². The molecule has 0 heterocycles. The Morgan fingerprint density at radius 1 is 1.36 bits per heavy atom. The molecular weight excluding hydrogens is 172 g/mol. The molecule has 0 amide bonds. The van der Waals surface area contributed by atoms with Crippen molar-refractivity contribution in [2.45, 2.75) is 25.8 Å². The monoisotopic (exact) mass is 190 g/mol. The Morgan fingerprint density at radius 2 is 1.93 bits per heavy atom. The molecule has 76 valence electrons. The van der Waals surface area contributed by atoms with Crippen LogP contribution in [0.1, 0.15) is 36.9 Å². The summed E-state index contributed by atoms with van der Waals surface area (Å²) in [4.78, 5) is 0. The molecule has 0 radical (unpaired) electrons. The fourth-order valence-electron chi connectivity index (χ4n) is 1.42. The maximum Gasteiger partial charge on any atom is 0.0314 e. The highest BCUT2D eigenvalue weighted by Crippen LogP contribution is 2.17. The Labute approximate surface area is 85.6 Å². The van der Waals surface area contributed by atoms with Crippen LogP contribution in [0.2, 0.25) is 0 Å². The van der Waals surface area contributed by atoms with Crippen LogP contribution in [-0.2, 0) is 0 Å². The lowest BCUT2D eigenvalue weighted by molar-refractivity contribution is 0.638. The predicted molar refractivity (Wildman–Crippen MR) is 61.5 cm³/mol. The molecule has 1 aromatic rings. The molecule has 4 N–H and O–H groups in total. The Kier molecular flexibility index (Phi) is 3.72. The molecule has 0 aromatic heterocycles. The van der Waals surface area contributed by atoms with Crippen LogP contribution in [-0.4, -0.2) is 0 Å². The lowest BCUT2D eigenvalue weighted by Gasteiger charge is -2.11. The second-order valence-electron chi connectivity index (χ2n) is 3.54. The van der Waals surface area contributed by atoms with Gasteiger partial charge in [-0.25, -0.2) is 0 Å². The summed E-state index contributed by atoms with van der Waals surface area (Å²) in [5, 5.41) is 0. The van der Waals surface area contributed by atoms with E-state index < -0.39 is 0 Å². The lowest BCUT2D eigenvalue weighted by Crippen LogP contribution is -2.09. The van der Waals surface area contributed by atoms with Crippen LogP contribution >= 0.6 is 0 Å². The van der Waals surface area contributed by atoms with Gasteiger partial charge in [0.15, 0.2) is 0 Å². The summed E-state index contributed by atoms with van der Waals surface area (Å²) in [5.74, 6) is 0. The molecule has 1 atom stereocenters. The molecule has 0 saturated carbocycles. The molecule has 0 unspecified atom stereocenters. The molecule has 0 aliphatic rings. The molecule has 0 fully saturated rings. The van der Waals surface area contributed by atoms with Crippen molar-refractivity contribution >= 4 is 5.70 Å². The molecule has 0 aliphatic carbocycles. The van der Waals surface area contributed by atoms with Gasteiger partial charge in [-0.3, -0.25) is 0 Å². The third-order valence-electron chi connectivity index (χ3n) is 2.31. The average Bonchev–Trinajstić information content (AvgIpc) is 2.18. The lowest BCUT2D eigenvalue weighted by atomic mass is 10.0. The van der Waals surface area contributed by atoms with Gasteiger partial charge in [-0.15, -0.1) is 0 Å². The van der Waals surface area contributed by atoms with Gasteiger partial charge in [-0.1, -0.05) is 44.2 Å². The summed E-state index contributed by atoms with van der Waals surface area (Å²) in [5.41, 5.74) is 14.3. The van der Waals surface area contributed by atoms with Crippen LogP contribution in [0, 0.1) is 0 Å². The minimum atomic E-state index is 0.139. The van der Waals surface area contributed by atoms with Crippen molar-refractivity contribution in [3.63, 3.8) is 0 Å². The van der Waals surface area contributed by atoms with E-state index in [0.717, 1.165) is 24.0 Å². The third kappa shape index (κ3) is 2.60. The zero-order valence-corrected chi connectivity index (χ0v) is 8.66.